The lowest BCUT2D eigenvalue weighted by atomic mass is 9.99. The highest BCUT2D eigenvalue weighted by Gasteiger charge is 2.22. The summed E-state index contributed by atoms with van der Waals surface area (Å²) in [6, 6.07) is 73.3. The van der Waals surface area contributed by atoms with E-state index in [9.17, 15) is 0 Å². The first-order chi connectivity index (χ1) is 29.7. The molecule has 0 amide bonds. The number of para-hydroxylation sites is 1. The maximum Gasteiger partial charge on any atom is 0.238 e. The quantitative estimate of drug-likeness (QED) is 0.169. The van der Waals surface area contributed by atoms with Gasteiger partial charge in [-0.3, -0.25) is 4.57 Å². The van der Waals surface area contributed by atoms with Crippen LogP contribution in [0.25, 0.3) is 115 Å². The van der Waals surface area contributed by atoms with E-state index in [1.54, 1.807) is 0 Å². The molecule has 3 heterocycles. The molecule has 12 rings (SSSR count). The fourth-order valence-electron chi connectivity index (χ4n) is 8.78. The fourth-order valence-corrected chi connectivity index (χ4v) is 9.92. The van der Waals surface area contributed by atoms with E-state index < -0.39 is 0 Å². The van der Waals surface area contributed by atoms with Crippen LogP contribution in [0, 0.1) is 0 Å². The van der Waals surface area contributed by atoms with Gasteiger partial charge in [0, 0.05) is 47.6 Å². The molecule has 9 aromatic carbocycles. The lowest BCUT2D eigenvalue weighted by Crippen LogP contribution is -2.07. The van der Waals surface area contributed by atoms with E-state index in [4.69, 9.17) is 15.0 Å². The van der Waals surface area contributed by atoms with Gasteiger partial charge in [0.2, 0.25) is 5.95 Å². The Kier molecular flexibility index (Phi) is 8.00. The summed E-state index contributed by atoms with van der Waals surface area (Å²) < 4.78 is 4.83. The van der Waals surface area contributed by atoms with Gasteiger partial charge >= 0.3 is 0 Å². The SMILES string of the molecule is c1ccc(-c2ccc(-c3nc(-c4ccc(-c5ccccc5)cc4)nc(-n4c5ccc6ccccc6c5c5cccc(-c6ccc7c(c6)sc6ccccc67)c54)n3)cc2)cc1. The molecule has 0 spiro atoms. The van der Waals surface area contributed by atoms with Gasteiger partial charge in [0.1, 0.15) is 0 Å². The standard InChI is InChI=1S/C55H34N4S/c1-3-12-35(13-4-1)37-22-26-40(27-23-37)53-56-54(41-28-24-38(25-29-41)36-14-5-2-6-15-36)58-55(57-53)59-48-33-31-39-16-7-8-17-43(39)51(48)47-20-11-19-44(52(47)59)42-30-32-46-45-18-9-10-21-49(45)60-50(46)34-42/h1-34H. The van der Waals surface area contributed by atoms with Crippen molar-refractivity contribution in [3.8, 4) is 62.1 Å². The van der Waals surface area contributed by atoms with Gasteiger partial charge in [-0.1, -0.05) is 188 Å². The summed E-state index contributed by atoms with van der Waals surface area (Å²) in [6.45, 7) is 0. The highest BCUT2D eigenvalue weighted by atomic mass is 32.1. The van der Waals surface area contributed by atoms with Crippen molar-refractivity contribution in [2.24, 2.45) is 0 Å². The van der Waals surface area contributed by atoms with Crippen molar-refractivity contribution < 1.29 is 0 Å². The number of aromatic nitrogens is 4. The Balaban J connectivity index is 1.12. The average molecular weight is 783 g/mol. The zero-order chi connectivity index (χ0) is 39.6. The summed E-state index contributed by atoms with van der Waals surface area (Å²) in [5, 5.41) is 7.28. The van der Waals surface area contributed by atoms with Gasteiger partial charge in [0.15, 0.2) is 11.6 Å². The van der Waals surface area contributed by atoms with Crippen LogP contribution in [0.5, 0.6) is 0 Å². The first kappa shape index (κ1) is 34.3. The number of hydrogen-bond acceptors (Lipinski definition) is 4. The Morgan fingerprint density at radius 1 is 0.350 bits per heavy atom. The number of hydrogen-bond donors (Lipinski definition) is 0. The molecule has 0 saturated carbocycles. The van der Waals surface area contributed by atoms with Crippen LogP contribution in [0.3, 0.4) is 0 Å². The van der Waals surface area contributed by atoms with Gasteiger partial charge in [0.05, 0.1) is 11.0 Å². The average Bonchev–Trinajstić information content (AvgIpc) is 3.88. The van der Waals surface area contributed by atoms with E-state index in [0.717, 1.165) is 49.8 Å². The predicted molar refractivity (Wildman–Crippen MR) is 252 cm³/mol. The molecule has 0 N–H and O–H groups in total. The van der Waals surface area contributed by atoms with Crippen LogP contribution in [0.4, 0.5) is 0 Å². The van der Waals surface area contributed by atoms with Gasteiger partial charge in [0.25, 0.3) is 0 Å². The Morgan fingerprint density at radius 2 is 0.883 bits per heavy atom. The summed E-state index contributed by atoms with van der Waals surface area (Å²) in [7, 11) is 0. The first-order valence-corrected chi connectivity index (χ1v) is 21.0. The van der Waals surface area contributed by atoms with Gasteiger partial charge in [-0.05, 0) is 56.8 Å². The second kappa shape index (κ2) is 14.0. The fraction of sp³-hybridized carbons (Fsp3) is 0. The third-order valence-corrected chi connectivity index (χ3v) is 12.8. The second-order valence-electron chi connectivity index (χ2n) is 15.2. The van der Waals surface area contributed by atoms with E-state index in [2.05, 4.69) is 199 Å². The molecule has 0 aliphatic rings. The van der Waals surface area contributed by atoms with Gasteiger partial charge in [-0.15, -0.1) is 11.3 Å². The lowest BCUT2D eigenvalue weighted by molar-refractivity contribution is 0.954. The molecule has 5 heteroatoms. The minimum atomic E-state index is 0.569. The molecule has 0 aliphatic carbocycles. The normalized spacial score (nSPS) is 11.7. The molecule has 0 unspecified atom stereocenters. The molecule has 0 bridgehead atoms. The molecular formula is C55H34N4S. The van der Waals surface area contributed by atoms with Crippen molar-refractivity contribution in [3.05, 3.63) is 206 Å². The summed E-state index contributed by atoms with van der Waals surface area (Å²) in [5.74, 6) is 1.79. The van der Waals surface area contributed by atoms with E-state index in [1.807, 2.05) is 23.5 Å². The van der Waals surface area contributed by atoms with Crippen LogP contribution in [-0.4, -0.2) is 19.5 Å². The Labute approximate surface area is 350 Å². The summed E-state index contributed by atoms with van der Waals surface area (Å²) in [5.41, 5.74) is 10.8. The topological polar surface area (TPSA) is 43.6 Å². The molecule has 0 fully saturated rings. The Morgan fingerprint density at radius 3 is 1.57 bits per heavy atom. The molecule has 280 valence electrons. The summed E-state index contributed by atoms with van der Waals surface area (Å²) >= 11 is 1.84. The van der Waals surface area contributed by atoms with Gasteiger partial charge < -0.3 is 0 Å². The number of benzene rings is 9. The Hall–Kier alpha value is -7.73. The van der Waals surface area contributed by atoms with Gasteiger partial charge in [-0.2, -0.15) is 9.97 Å². The number of fused-ring (bicyclic) bond motifs is 8. The maximum absolute atomic E-state index is 5.38. The van der Waals surface area contributed by atoms with Crippen molar-refractivity contribution in [1.29, 1.82) is 0 Å². The van der Waals surface area contributed by atoms with Crippen LogP contribution in [-0.2, 0) is 0 Å². The number of rotatable bonds is 6. The van der Waals surface area contributed by atoms with E-state index in [1.165, 1.54) is 47.5 Å². The first-order valence-electron chi connectivity index (χ1n) is 20.2. The van der Waals surface area contributed by atoms with Gasteiger partial charge in [-0.25, -0.2) is 4.98 Å². The van der Waals surface area contributed by atoms with E-state index >= 15 is 0 Å². The maximum atomic E-state index is 5.38. The molecule has 60 heavy (non-hydrogen) atoms. The van der Waals surface area contributed by atoms with E-state index in [0.29, 0.717) is 17.6 Å². The molecule has 12 aromatic rings. The number of thiophene rings is 1. The molecule has 0 aliphatic heterocycles. The molecule has 0 atom stereocenters. The summed E-state index contributed by atoms with van der Waals surface area (Å²) in [4.78, 5) is 16.0. The predicted octanol–water partition coefficient (Wildman–Crippen LogP) is 14.8. The Bertz CT molecular complexity index is 3470. The van der Waals surface area contributed by atoms with Crippen LogP contribution in [0.1, 0.15) is 0 Å². The molecule has 0 saturated heterocycles. The summed E-state index contributed by atoms with van der Waals surface area (Å²) in [6.07, 6.45) is 0. The third-order valence-electron chi connectivity index (χ3n) is 11.7. The van der Waals surface area contributed by atoms with Crippen molar-refractivity contribution in [2.45, 2.75) is 0 Å². The van der Waals surface area contributed by atoms with Crippen LogP contribution in [0.2, 0.25) is 0 Å². The van der Waals surface area contributed by atoms with E-state index in [-0.39, 0.29) is 0 Å². The van der Waals surface area contributed by atoms with Crippen LogP contribution in [0.15, 0.2) is 206 Å². The highest BCUT2D eigenvalue weighted by molar-refractivity contribution is 7.25. The van der Waals surface area contributed by atoms with Crippen LogP contribution >= 0.6 is 11.3 Å². The zero-order valence-electron chi connectivity index (χ0n) is 32.3. The van der Waals surface area contributed by atoms with Crippen molar-refractivity contribution >= 4 is 64.1 Å². The highest BCUT2D eigenvalue weighted by Crippen LogP contribution is 2.43. The smallest absolute Gasteiger partial charge is 0.238 e. The largest absolute Gasteiger partial charge is 0.277 e. The van der Waals surface area contributed by atoms with Crippen LogP contribution < -0.4 is 0 Å². The third kappa shape index (κ3) is 5.70. The molecule has 3 aromatic heterocycles. The van der Waals surface area contributed by atoms with Crippen molar-refractivity contribution in [1.82, 2.24) is 19.5 Å². The molecule has 4 nitrogen and oxygen atoms in total. The molecular weight excluding hydrogens is 749 g/mol. The zero-order valence-corrected chi connectivity index (χ0v) is 33.1. The monoisotopic (exact) mass is 782 g/mol. The second-order valence-corrected chi connectivity index (χ2v) is 16.3. The minimum absolute atomic E-state index is 0.569. The number of nitrogens with zero attached hydrogens (tertiary/aromatic N) is 4. The van der Waals surface area contributed by atoms with Crippen molar-refractivity contribution in [3.63, 3.8) is 0 Å². The van der Waals surface area contributed by atoms with Crippen molar-refractivity contribution in [2.75, 3.05) is 0 Å². The molecule has 0 radical (unpaired) electrons. The lowest BCUT2D eigenvalue weighted by Gasteiger charge is -2.13. The minimum Gasteiger partial charge on any atom is -0.277 e.